The lowest BCUT2D eigenvalue weighted by molar-refractivity contribution is -0.122. The smallest absolute Gasteiger partial charge is 0.237 e. The molecule has 1 rings (SSSR count). The van der Waals surface area contributed by atoms with E-state index in [2.05, 4.69) is 28.5 Å². The predicted molar refractivity (Wildman–Crippen MR) is 83.4 cm³/mol. The molecular formula is C16H29N3O. The van der Waals surface area contributed by atoms with Crippen molar-refractivity contribution in [2.75, 3.05) is 26.7 Å². The Labute approximate surface area is 123 Å². The topological polar surface area (TPSA) is 44.4 Å². The third-order valence-corrected chi connectivity index (χ3v) is 4.09. The maximum Gasteiger partial charge on any atom is 0.237 e. The zero-order chi connectivity index (χ0) is 14.8. The van der Waals surface area contributed by atoms with Crippen molar-refractivity contribution in [3.63, 3.8) is 0 Å². The SMILES string of the molecule is C#CCNC(=O)C(C)NCCCN(C)C1CCCCC1. The summed E-state index contributed by atoms with van der Waals surface area (Å²) in [5.74, 6) is 2.38. The van der Waals surface area contributed by atoms with Crippen LogP contribution < -0.4 is 10.6 Å². The van der Waals surface area contributed by atoms with Crippen LogP contribution in [-0.4, -0.2) is 49.6 Å². The number of nitrogens with zero attached hydrogens (tertiary/aromatic N) is 1. The van der Waals surface area contributed by atoms with Gasteiger partial charge in [-0.15, -0.1) is 6.42 Å². The molecule has 1 amide bonds. The largest absolute Gasteiger partial charge is 0.344 e. The molecule has 1 aliphatic rings. The van der Waals surface area contributed by atoms with Gasteiger partial charge in [-0.2, -0.15) is 0 Å². The minimum Gasteiger partial charge on any atom is -0.344 e. The van der Waals surface area contributed by atoms with E-state index in [4.69, 9.17) is 6.42 Å². The second-order valence-electron chi connectivity index (χ2n) is 5.72. The fourth-order valence-corrected chi connectivity index (χ4v) is 2.74. The normalized spacial score (nSPS) is 17.7. The van der Waals surface area contributed by atoms with Crippen molar-refractivity contribution in [3.8, 4) is 12.3 Å². The van der Waals surface area contributed by atoms with E-state index in [0.29, 0.717) is 6.54 Å². The Balaban J connectivity index is 2.08. The molecule has 1 fully saturated rings. The zero-order valence-electron chi connectivity index (χ0n) is 13.0. The number of hydrogen-bond acceptors (Lipinski definition) is 3. The summed E-state index contributed by atoms with van der Waals surface area (Å²) >= 11 is 0. The molecule has 0 aromatic carbocycles. The first-order chi connectivity index (χ1) is 9.65. The molecule has 0 saturated heterocycles. The molecule has 1 saturated carbocycles. The molecule has 1 unspecified atom stereocenters. The molecule has 4 heteroatoms. The number of carbonyl (C=O) groups excluding carboxylic acids is 1. The Morgan fingerprint density at radius 2 is 2.10 bits per heavy atom. The van der Waals surface area contributed by atoms with Crippen molar-refractivity contribution in [3.05, 3.63) is 0 Å². The molecule has 114 valence electrons. The molecule has 0 bridgehead atoms. The summed E-state index contributed by atoms with van der Waals surface area (Å²) in [7, 11) is 2.22. The Bertz CT molecular complexity index is 318. The van der Waals surface area contributed by atoms with Crippen LogP contribution >= 0.6 is 0 Å². The van der Waals surface area contributed by atoms with Crippen molar-refractivity contribution < 1.29 is 4.79 Å². The fraction of sp³-hybridized carbons (Fsp3) is 0.812. The van der Waals surface area contributed by atoms with Crippen molar-refractivity contribution >= 4 is 5.91 Å². The van der Waals surface area contributed by atoms with Crippen molar-refractivity contribution in [2.45, 2.75) is 57.5 Å². The van der Waals surface area contributed by atoms with Crippen LogP contribution in [0.25, 0.3) is 0 Å². The maximum atomic E-state index is 11.6. The standard InChI is InChI=1S/C16H29N3O/c1-4-11-18-16(20)14(2)17-12-8-13-19(3)15-9-6-5-7-10-15/h1,14-15,17H,5-13H2,2-3H3,(H,18,20). The van der Waals surface area contributed by atoms with Crippen LogP contribution in [0, 0.1) is 12.3 Å². The highest BCUT2D eigenvalue weighted by Gasteiger charge is 2.17. The third-order valence-electron chi connectivity index (χ3n) is 4.09. The summed E-state index contributed by atoms with van der Waals surface area (Å²) in [5, 5.41) is 5.93. The molecule has 0 spiro atoms. The van der Waals surface area contributed by atoms with Crippen LogP contribution in [0.4, 0.5) is 0 Å². The van der Waals surface area contributed by atoms with Gasteiger partial charge in [-0.25, -0.2) is 0 Å². The van der Waals surface area contributed by atoms with Gasteiger partial charge >= 0.3 is 0 Å². The summed E-state index contributed by atoms with van der Waals surface area (Å²) in [4.78, 5) is 14.1. The van der Waals surface area contributed by atoms with Crippen LogP contribution in [0.2, 0.25) is 0 Å². The Hall–Kier alpha value is -1.05. The molecule has 1 atom stereocenters. The molecule has 0 heterocycles. The summed E-state index contributed by atoms with van der Waals surface area (Å²) in [6, 6.07) is 0.587. The Morgan fingerprint density at radius 3 is 2.75 bits per heavy atom. The molecule has 0 aromatic heterocycles. The van der Waals surface area contributed by atoms with Gasteiger partial charge in [-0.3, -0.25) is 4.79 Å². The highest BCUT2D eigenvalue weighted by molar-refractivity contribution is 5.81. The molecule has 4 nitrogen and oxygen atoms in total. The van der Waals surface area contributed by atoms with E-state index in [0.717, 1.165) is 25.6 Å². The molecule has 0 aliphatic heterocycles. The highest BCUT2D eigenvalue weighted by atomic mass is 16.2. The van der Waals surface area contributed by atoms with Crippen molar-refractivity contribution in [1.29, 1.82) is 0 Å². The van der Waals surface area contributed by atoms with E-state index in [9.17, 15) is 4.79 Å². The average Bonchev–Trinajstić information content (AvgIpc) is 2.49. The van der Waals surface area contributed by atoms with Gasteiger partial charge in [-0.05, 0) is 46.3 Å². The zero-order valence-corrected chi connectivity index (χ0v) is 13.0. The summed E-state index contributed by atoms with van der Waals surface area (Å²) < 4.78 is 0. The van der Waals surface area contributed by atoms with E-state index in [1.807, 2.05) is 6.92 Å². The molecule has 2 N–H and O–H groups in total. The second kappa shape index (κ2) is 9.79. The second-order valence-corrected chi connectivity index (χ2v) is 5.72. The van der Waals surface area contributed by atoms with E-state index < -0.39 is 0 Å². The lowest BCUT2D eigenvalue weighted by atomic mass is 9.94. The summed E-state index contributed by atoms with van der Waals surface area (Å²) in [6.45, 7) is 4.13. The monoisotopic (exact) mass is 279 g/mol. The van der Waals surface area contributed by atoms with E-state index in [1.165, 1.54) is 32.1 Å². The van der Waals surface area contributed by atoms with Gasteiger partial charge in [0.1, 0.15) is 0 Å². The fourth-order valence-electron chi connectivity index (χ4n) is 2.74. The lowest BCUT2D eigenvalue weighted by Gasteiger charge is -2.31. The molecule has 20 heavy (non-hydrogen) atoms. The molecule has 1 aliphatic carbocycles. The first-order valence-corrected chi connectivity index (χ1v) is 7.80. The highest BCUT2D eigenvalue weighted by Crippen LogP contribution is 2.21. The van der Waals surface area contributed by atoms with Crippen LogP contribution in [0.3, 0.4) is 0 Å². The lowest BCUT2D eigenvalue weighted by Crippen LogP contribution is -2.43. The van der Waals surface area contributed by atoms with Gasteiger partial charge in [0.2, 0.25) is 5.91 Å². The van der Waals surface area contributed by atoms with E-state index in [-0.39, 0.29) is 11.9 Å². The van der Waals surface area contributed by atoms with Crippen LogP contribution in [-0.2, 0) is 4.79 Å². The number of carbonyl (C=O) groups is 1. The number of hydrogen-bond donors (Lipinski definition) is 2. The van der Waals surface area contributed by atoms with E-state index in [1.54, 1.807) is 0 Å². The minimum absolute atomic E-state index is 0.0245. The first-order valence-electron chi connectivity index (χ1n) is 7.80. The van der Waals surface area contributed by atoms with Crippen molar-refractivity contribution in [2.24, 2.45) is 0 Å². The summed E-state index contributed by atoms with van der Waals surface area (Å²) in [6.07, 6.45) is 13.0. The van der Waals surface area contributed by atoms with Gasteiger partial charge < -0.3 is 15.5 Å². The quantitative estimate of drug-likeness (QED) is 0.521. The maximum absolute atomic E-state index is 11.6. The minimum atomic E-state index is -0.177. The van der Waals surface area contributed by atoms with Crippen LogP contribution in [0.5, 0.6) is 0 Å². The van der Waals surface area contributed by atoms with Crippen molar-refractivity contribution in [1.82, 2.24) is 15.5 Å². The van der Waals surface area contributed by atoms with E-state index >= 15 is 0 Å². The Kier molecular flexibility index (Phi) is 8.32. The third kappa shape index (κ3) is 6.40. The predicted octanol–water partition coefficient (Wildman–Crippen LogP) is 1.37. The number of terminal acetylenes is 1. The van der Waals surface area contributed by atoms with Gasteiger partial charge in [0.15, 0.2) is 0 Å². The van der Waals surface area contributed by atoms with Gasteiger partial charge in [-0.1, -0.05) is 25.2 Å². The first kappa shape index (κ1) is 17.0. The Morgan fingerprint density at radius 1 is 1.40 bits per heavy atom. The summed E-state index contributed by atoms with van der Waals surface area (Å²) in [5.41, 5.74) is 0. The molecule has 0 radical (unpaired) electrons. The van der Waals surface area contributed by atoms with Gasteiger partial charge in [0.25, 0.3) is 0 Å². The molecular weight excluding hydrogens is 250 g/mol. The average molecular weight is 279 g/mol. The van der Waals surface area contributed by atoms with Crippen LogP contribution in [0.15, 0.2) is 0 Å². The number of nitrogens with one attached hydrogen (secondary N) is 2. The molecule has 0 aromatic rings. The number of amides is 1. The van der Waals surface area contributed by atoms with Gasteiger partial charge in [0, 0.05) is 6.04 Å². The number of rotatable bonds is 8. The van der Waals surface area contributed by atoms with Crippen LogP contribution in [0.1, 0.15) is 45.4 Å². The van der Waals surface area contributed by atoms with Gasteiger partial charge in [0.05, 0.1) is 12.6 Å².